The van der Waals surface area contributed by atoms with Crippen LogP contribution in [0.15, 0.2) is 36.7 Å². The number of nitro groups is 1. The van der Waals surface area contributed by atoms with Gasteiger partial charge in [-0.2, -0.15) is 18.3 Å². The van der Waals surface area contributed by atoms with Crippen LogP contribution < -0.4 is 0 Å². The van der Waals surface area contributed by atoms with Crippen molar-refractivity contribution >= 4 is 5.69 Å². The van der Waals surface area contributed by atoms with Crippen molar-refractivity contribution in [3.8, 4) is 0 Å². The Balaban J connectivity index is 2.21. The van der Waals surface area contributed by atoms with Crippen LogP contribution in [0.25, 0.3) is 0 Å². The molecule has 100 valence electrons. The van der Waals surface area contributed by atoms with Crippen LogP contribution in [-0.4, -0.2) is 14.7 Å². The summed E-state index contributed by atoms with van der Waals surface area (Å²) in [6.07, 6.45) is -2.19. The third-order valence-electron chi connectivity index (χ3n) is 2.43. The molecule has 5 nitrogen and oxygen atoms in total. The maximum Gasteiger partial charge on any atom is 0.416 e. The molecule has 0 saturated heterocycles. The molecule has 0 atom stereocenters. The lowest BCUT2D eigenvalue weighted by molar-refractivity contribution is -0.385. The van der Waals surface area contributed by atoms with E-state index in [2.05, 4.69) is 5.10 Å². The van der Waals surface area contributed by atoms with Gasteiger partial charge in [0.2, 0.25) is 0 Å². The van der Waals surface area contributed by atoms with Gasteiger partial charge in [0.05, 0.1) is 17.0 Å². The van der Waals surface area contributed by atoms with Gasteiger partial charge in [-0.1, -0.05) is 12.1 Å². The van der Waals surface area contributed by atoms with Crippen LogP contribution in [0.5, 0.6) is 0 Å². The number of rotatable bonds is 3. The Morgan fingerprint density at radius 2 is 2.11 bits per heavy atom. The predicted octanol–water partition coefficient (Wildman–Crippen LogP) is 2.86. The number of hydrogen-bond acceptors (Lipinski definition) is 3. The first kappa shape index (κ1) is 13.1. The molecule has 0 aliphatic heterocycles. The van der Waals surface area contributed by atoms with Crippen molar-refractivity contribution in [2.24, 2.45) is 0 Å². The van der Waals surface area contributed by atoms with E-state index in [0.717, 1.165) is 18.3 Å². The maximum atomic E-state index is 12.5. The second-order valence-electron chi connectivity index (χ2n) is 3.85. The molecule has 1 heterocycles. The summed E-state index contributed by atoms with van der Waals surface area (Å²) >= 11 is 0. The second-order valence-corrected chi connectivity index (χ2v) is 3.85. The van der Waals surface area contributed by atoms with E-state index in [4.69, 9.17) is 0 Å². The topological polar surface area (TPSA) is 61.0 Å². The van der Waals surface area contributed by atoms with E-state index in [-0.39, 0.29) is 12.2 Å². The standard InChI is InChI=1S/C11H8F3N3O2/c12-11(13,14)9-3-1-2-8(4-9)6-16-7-10(5-15-16)17(18)19/h1-5,7H,6H2. The van der Waals surface area contributed by atoms with Gasteiger partial charge in [-0.05, 0) is 17.7 Å². The molecule has 0 aliphatic carbocycles. The van der Waals surface area contributed by atoms with Gasteiger partial charge in [-0.3, -0.25) is 14.8 Å². The fourth-order valence-corrected chi connectivity index (χ4v) is 1.57. The van der Waals surface area contributed by atoms with Crippen LogP contribution in [0, 0.1) is 10.1 Å². The third kappa shape index (κ3) is 3.09. The second kappa shape index (κ2) is 4.71. The minimum absolute atomic E-state index is 0.0394. The highest BCUT2D eigenvalue weighted by atomic mass is 19.4. The first-order valence-corrected chi connectivity index (χ1v) is 5.19. The normalized spacial score (nSPS) is 11.5. The zero-order valence-corrected chi connectivity index (χ0v) is 9.46. The highest BCUT2D eigenvalue weighted by Crippen LogP contribution is 2.29. The number of nitrogens with zero attached hydrogens (tertiary/aromatic N) is 3. The van der Waals surface area contributed by atoms with Crippen molar-refractivity contribution in [3.05, 3.63) is 57.9 Å². The fourth-order valence-electron chi connectivity index (χ4n) is 1.57. The summed E-state index contributed by atoms with van der Waals surface area (Å²) in [7, 11) is 0. The smallest absolute Gasteiger partial charge is 0.261 e. The molecule has 19 heavy (non-hydrogen) atoms. The molecule has 2 rings (SSSR count). The van der Waals surface area contributed by atoms with Gasteiger partial charge in [-0.15, -0.1) is 0 Å². The van der Waals surface area contributed by atoms with Crippen LogP contribution in [0.2, 0.25) is 0 Å². The number of alkyl halides is 3. The van der Waals surface area contributed by atoms with Gasteiger partial charge in [-0.25, -0.2) is 0 Å². The van der Waals surface area contributed by atoms with Gasteiger partial charge >= 0.3 is 11.9 Å². The molecule has 2 aromatic rings. The lowest BCUT2D eigenvalue weighted by Gasteiger charge is -2.08. The lowest BCUT2D eigenvalue weighted by atomic mass is 10.1. The molecule has 0 amide bonds. The van der Waals surface area contributed by atoms with Gasteiger partial charge in [0.1, 0.15) is 12.4 Å². The number of benzene rings is 1. The first-order valence-electron chi connectivity index (χ1n) is 5.19. The Hall–Kier alpha value is -2.38. The SMILES string of the molecule is O=[N+]([O-])c1cnn(Cc2cccc(C(F)(F)F)c2)c1. The van der Waals surface area contributed by atoms with E-state index in [1.807, 2.05) is 0 Å². The summed E-state index contributed by atoms with van der Waals surface area (Å²) in [4.78, 5) is 9.84. The summed E-state index contributed by atoms with van der Waals surface area (Å²) in [6, 6.07) is 4.75. The van der Waals surface area contributed by atoms with E-state index in [1.54, 1.807) is 0 Å². The third-order valence-corrected chi connectivity index (χ3v) is 2.43. The van der Waals surface area contributed by atoms with Crippen molar-refractivity contribution in [2.75, 3.05) is 0 Å². The van der Waals surface area contributed by atoms with Crippen molar-refractivity contribution in [1.29, 1.82) is 0 Å². The molecule has 0 bridgehead atoms. The zero-order chi connectivity index (χ0) is 14.0. The highest BCUT2D eigenvalue weighted by molar-refractivity contribution is 5.27. The summed E-state index contributed by atoms with van der Waals surface area (Å²) < 4.78 is 38.7. The van der Waals surface area contributed by atoms with Gasteiger partial charge < -0.3 is 0 Å². The van der Waals surface area contributed by atoms with Crippen LogP contribution in [-0.2, 0) is 12.7 Å². The lowest BCUT2D eigenvalue weighted by Crippen LogP contribution is -2.07. The van der Waals surface area contributed by atoms with E-state index in [1.165, 1.54) is 23.0 Å². The minimum Gasteiger partial charge on any atom is -0.261 e. The molecule has 0 fully saturated rings. The molecule has 0 spiro atoms. The minimum atomic E-state index is -4.41. The molecule has 0 aliphatic rings. The molecule has 0 saturated carbocycles. The highest BCUT2D eigenvalue weighted by Gasteiger charge is 2.30. The zero-order valence-electron chi connectivity index (χ0n) is 9.46. The van der Waals surface area contributed by atoms with Crippen LogP contribution in [0.1, 0.15) is 11.1 Å². The largest absolute Gasteiger partial charge is 0.416 e. The van der Waals surface area contributed by atoms with Crippen LogP contribution in [0.4, 0.5) is 18.9 Å². The monoisotopic (exact) mass is 271 g/mol. The molecule has 1 aromatic heterocycles. The van der Waals surface area contributed by atoms with Gasteiger partial charge in [0, 0.05) is 0 Å². The predicted molar refractivity (Wildman–Crippen MR) is 59.4 cm³/mol. The number of hydrogen-bond donors (Lipinski definition) is 0. The summed E-state index contributed by atoms with van der Waals surface area (Å²) in [6.45, 7) is 0.0394. The summed E-state index contributed by atoms with van der Waals surface area (Å²) in [5.41, 5.74) is -0.591. The average molecular weight is 271 g/mol. The molecular weight excluding hydrogens is 263 g/mol. The molecule has 0 radical (unpaired) electrons. The summed E-state index contributed by atoms with van der Waals surface area (Å²) in [5, 5.41) is 14.2. The van der Waals surface area contributed by atoms with E-state index in [0.29, 0.717) is 5.56 Å². The van der Waals surface area contributed by atoms with Crippen LogP contribution in [0.3, 0.4) is 0 Å². The van der Waals surface area contributed by atoms with E-state index < -0.39 is 16.7 Å². The van der Waals surface area contributed by atoms with Crippen molar-refractivity contribution in [1.82, 2.24) is 9.78 Å². The molecular formula is C11H8F3N3O2. The average Bonchev–Trinajstić information content (AvgIpc) is 2.77. The maximum absolute atomic E-state index is 12.5. The van der Waals surface area contributed by atoms with Gasteiger partial charge in [0.25, 0.3) is 0 Å². The summed E-state index contributed by atoms with van der Waals surface area (Å²) in [5.74, 6) is 0. The number of aromatic nitrogens is 2. The molecule has 1 aromatic carbocycles. The van der Waals surface area contributed by atoms with E-state index >= 15 is 0 Å². The number of halogens is 3. The van der Waals surface area contributed by atoms with Crippen LogP contribution >= 0.6 is 0 Å². The van der Waals surface area contributed by atoms with E-state index in [9.17, 15) is 23.3 Å². The quantitative estimate of drug-likeness (QED) is 0.637. The Bertz CT molecular complexity index is 607. The van der Waals surface area contributed by atoms with Crippen molar-refractivity contribution in [2.45, 2.75) is 12.7 Å². The first-order chi connectivity index (χ1) is 8.86. The van der Waals surface area contributed by atoms with Crippen molar-refractivity contribution < 1.29 is 18.1 Å². The van der Waals surface area contributed by atoms with Crippen molar-refractivity contribution in [3.63, 3.8) is 0 Å². The Morgan fingerprint density at radius 1 is 1.37 bits per heavy atom. The fraction of sp³-hybridized carbons (Fsp3) is 0.182. The molecule has 0 unspecified atom stereocenters. The Kier molecular flexibility index (Phi) is 3.24. The molecule has 8 heteroatoms. The molecule has 0 N–H and O–H groups in total. The Morgan fingerprint density at radius 3 is 2.68 bits per heavy atom. The van der Waals surface area contributed by atoms with Gasteiger partial charge in [0.15, 0.2) is 0 Å². The Labute approximate surface area is 105 Å².